The molecule has 1 aromatic heterocycles. The lowest BCUT2D eigenvalue weighted by molar-refractivity contribution is 0.240. The largest absolute Gasteiger partial charge is 0.493 e. The first-order valence-electron chi connectivity index (χ1n) is 7.39. The molecule has 0 aliphatic rings. The molecule has 0 fully saturated rings. The van der Waals surface area contributed by atoms with Gasteiger partial charge in [0.1, 0.15) is 5.75 Å². The van der Waals surface area contributed by atoms with Crippen molar-refractivity contribution in [1.82, 2.24) is 10.6 Å². The lowest BCUT2D eigenvalue weighted by atomic mass is 10.2. The summed E-state index contributed by atoms with van der Waals surface area (Å²) >= 11 is 1.63. The predicted molar refractivity (Wildman–Crippen MR) is 90.2 cm³/mol. The molecule has 0 saturated carbocycles. The van der Waals surface area contributed by atoms with Crippen molar-refractivity contribution in [2.24, 2.45) is 5.92 Å². The number of hydrogen-bond donors (Lipinski definition) is 2. The minimum atomic E-state index is -0.159. The minimum absolute atomic E-state index is 0.159. The summed E-state index contributed by atoms with van der Waals surface area (Å²) < 4.78 is 5.63. The number of carbonyl (C=O) groups excluding carboxylic acids is 1. The molecule has 0 unspecified atom stereocenters. The van der Waals surface area contributed by atoms with Crippen molar-refractivity contribution in [1.29, 1.82) is 0 Å². The van der Waals surface area contributed by atoms with Crippen molar-refractivity contribution in [3.05, 3.63) is 52.2 Å². The van der Waals surface area contributed by atoms with Crippen molar-refractivity contribution >= 4 is 17.4 Å². The molecule has 118 valence electrons. The summed E-state index contributed by atoms with van der Waals surface area (Å²) in [5.41, 5.74) is 1.04. The summed E-state index contributed by atoms with van der Waals surface area (Å²) in [5.74, 6) is 1.37. The maximum atomic E-state index is 11.7. The van der Waals surface area contributed by atoms with Gasteiger partial charge in [0, 0.05) is 11.4 Å². The fourth-order valence-electron chi connectivity index (χ4n) is 1.79. The molecule has 0 saturated heterocycles. The highest BCUT2D eigenvalue weighted by Crippen LogP contribution is 2.13. The van der Waals surface area contributed by atoms with Crippen molar-refractivity contribution in [2.45, 2.75) is 26.9 Å². The van der Waals surface area contributed by atoms with Crippen molar-refractivity contribution in [2.75, 3.05) is 6.61 Å². The van der Waals surface area contributed by atoms with Gasteiger partial charge in [-0.3, -0.25) is 0 Å². The Balaban J connectivity index is 1.70. The van der Waals surface area contributed by atoms with E-state index in [1.807, 2.05) is 41.8 Å². The molecule has 0 radical (unpaired) electrons. The number of benzene rings is 1. The molecule has 2 N–H and O–H groups in total. The maximum absolute atomic E-state index is 11.7. The quantitative estimate of drug-likeness (QED) is 0.816. The summed E-state index contributed by atoms with van der Waals surface area (Å²) in [7, 11) is 0. The van der Waals surface area contributed by atoms with Gasteiger partial charge in [0.2, 0.25) is 0 Å². The number of ether oxygens (including phenoxy) is 1. The molecular weight excluding hydrogens is 296 g/mol. The van der Waals surface area contributed by atoms with Crippen molar-refractivity contribution in [3.8, 4) is 5.75 Å². The van der Waals surface area contributed by atoms with Gasteiger partial charge in [-0.15, -0.1) is 11.3 Å². The zero-order valence-corrected chi connectivity index (χ0v) is 13.8. The van der Waals surface area contributed by atoms with Crippen molar-refractivity contribution in [3.63, 3.8) is 0 Å². The third kappa shape index (κ3) is 5.77. The van der Waals surface area contributed by atoms with E-state index in [2.05, 4.69) is 24.5 Å². The summed E-state index contributed by atoms with van der Waals surface area (Å²) in [6.07, 6.45) is 0. The van der Waals surface area contributed by atoms with E-state index in [-0.39, 0.29) is 6.03 Å². The van der Waals surface area contributed by atoms with Crippen LogP contribution >= 0.6 is 11.3 Å². The van der Waals surface area contributed by atoms with Gasteiger partial charge in [0.05, 0.1) is 13.2 Å². The number of urea groups is 1. The number of carbonyl (C=O) groups is 1. The Morgan fingerprint density at radius 2 is 1.86 bits per heavy atom. The van der Waals surface area contributed by atoms with Gasteiger partial charge >= 0.3 is 6.03 Å². The molecule has 22 heavy (non-hydrogen) atoms. The first-order chi connectivity index (χ1) is 10.6. The molecule has 0 aliphatic carbocycles. The van der Waals surface area contributed by atoms with Gasteiger partial charge in [-0.05, 0) is 35.1 Å². The smallest absolute Gasteiger partial charge is 0.315 e. The van der Waals surface area contributed by atoms with Crippen LogP contribution in [0.4, 0.5) is 4.79 Å². The van der Waals surface area contributed by atoms with E-state index in [0.29, 0.717) is 25.6 Å². The summed E-state index contributed by atoms with van der Waals surface area (Å²) in [6.45, 7) is 6.01. The summed E-state index contributed by atoms with van der Waals surface area (Å²) in [6, 6.07) is 11.6. The molecule has 1 aromatic carbocycles. The number of thiophene rings is 1. The fourth-order valence-corrected chi connectivity index (χ4v) is 2.44. The third-order valence-corrected chi connectivity index (χ3v) is 3.84. The highest BCUT2D eigenvalue weighted by atomic mass is 32.1. The minimum Gasteiger partial charge on any atom is -0.493 e. The summed E-state index contributed by atoms with van der Waals surface area (Å²) in [4.78, 5) is 12.9. The van der Waals surface area contributed by atoms with Crippen LogP contribution in [0.25, 0.3) is 0 Å². The molecule has 2 amide bonds. The van der Waals surface area contributed by atoms with Gasteiger partial charge in [0.25, 0.3) is 0 Å². The molecule has 4 nitrogen and oxygen atoms in total. The molecule has 0 spiro atoms. The first kappa shape index (κ1) is 16.4. The van der Waals surface area contributed by atoms with Gasteiger partial charge in [-0.1, -0.05) is 32.0 Å². The lowest BCUT2D eigenvalue weighted by Crippen LogP contribution is -2.34. The van der Waals surface area contributed by atoms with Crippen LogP contribution in [0.1, 0.15) is 24.3 Å². The molecule has 0 bridgehead atoms. The molecule has 0 atom stereocenters. The van der Waals surface area contributed by atoms with Crippen LogP contribution in [0, 0.1) is 5.92 Å². The highest BCUT2D eigenvalue weighted by molar-refractivity contribution is 7.09. The average molecular weight is 318 g/mol. The monoisotopic (exact) mass is 318 g/mol. The zero-order valence-electron chi connectivity index (χ0n) is 13.0. The SMILES string of the molecule is CC(C)COc1ccc(CNC(=O)NCc2cccs2)cc1. The fraction of sp³-hybridized carbons (Fsp3) is 0.353. The first-order valence-corrected chi connectivity index (χ1v) is 8.27. The Morgan fingerprint density at radius 3 is 2.50 bits per heavy atom. The molecular formula is C17H22N2O2S. The van der Waals surface area contributed by atoms with Crippen LogP contribution in [-0.4, -0.2) is 12.6 Å². The molecule has 2 aromatic rings. The van der Waals surface area contributed by atoms with E-state index in [4.69, 9.17) is 4.74 Å². The Hall–Kier alpha value is -2.01. The number of amides is 2. The van der Waals surface area contributed by atoms with Gasteiger partial charge in [-0.25, -0.2) is 4.79 Å². The third-order valence-electron chi connectivity index (χ3n) is 2.96. The van der Waals surface area contributed by atoms with Gasteiger partial charge < -0.3 is 15.4 Å². The second kappa shape index (κ2) is 8.44. The summed E-state index contributed by atoms with van der Waals surface area (Å²) in [5, 5.41) is 7.68. The number of hydrogen-bond acceptors (Lipinski definition) is 3. The maximum Gasteiger partial charge on any atom is 0.315 e. The van der Waals surface area contributed by atoms with E-state index in [1.165, 1.54) is 0 Å². The molecule has 5 heteroatoms. The van der Waals surface area contributed by atoms with E-state index < -0.39 is 0 Å². The van der Waals surface area contributed by atoms with Crippen LogP contribution in [0.3, 0.4) is 0 Å². The van der Waals surface area contributed by atoms with Crippen LogP contribution in [-0.2, 0) is 13.1 Å². The van der Waals surface area contributed by atoms with Crippen LogP contribution in [0.15, 0.2) is 41.8 Å². The van der Waals surface area contributed by atoms with E-state index in [1.54, 1.807) is 11.3 Å². The molecule has 2 rings (SSSR count). The van der Waals surface area contributed by atoms with Crippen LogP contribution in [0.2, 0.25) is 0 Å². The Kier molecular flexibility index (Phi) is 6.27. The second-order valence-corrected chi connectivity index (χ2v) is 6.50. The molecule has 1 heterocycles. The standard InChI is InChI=1S/C17H22N2O2S/c1-13(2)12-21-15-7-5-14(6-8-15)10-18-17(20)19-11-16-4-3-9-22-16/h3-9,13H,10-12H2,1-2H3,(H2,18,19,20). The van der Waals surface area contributed by atoms with Crippen molar-refractivity contribution < 1.29 is 9.53 Å². The average Bonchev–Trinajstić information content (AvgIpc) is 3.03. The molecule has 0 aliphatic heterocycles. The normalized spacial score (nSPS) is 10.5. The zero-order chi connectivity index (χ0) is 15.8. The van der Waals surface area contributed by atoms with E-state index in [0.717, 1.165) is 16.2 Å². The van der Waals surface area contributed by atoms with E-state index in [9.17, 15) is 4.79 Å². The topological polar surface area (TPSA) is 50.4 Å². The van der Waals surface area contributed by atoms with E-state index >= 15 is 0 Å². The van der Waals surface area contributed by atoms with Crippen LogP contribution in [0.5, 0.6) is 5.75 Å². The number of nitrogens with one attached hydrogen (secondary N) is 2. The Bertz CT molecular complexity index is 565. The second-order valence-electron chi connectivity index (χ2n) is 5.46. The van der Waals surface area contributed by atoms with Gasteiger partial charge in [-0.2, -0.15) is 0 Å². The highest BCUT2D eigenvalue weighted by Gasteiger charge is 2.02. The van der Waals surface area contributed by atoms with Gasteiger partial charge in [0.15, 0.2) is 0 Å². The number of rotatable bonds is 7. The predicted octanol–water partition coefficient (Wildman–Crippen LogP) is 3.78. The lowest BCUT2D eigenvalue weighted by Gasteiger charge is -2.10. The Labute approximate surface area is 135 Å². The van der Waals surface area contributed by atoms with Crippen LogP contribution < -0.4 is 15.4 Å². The Morgan fingerprint density at radius 1 is 1.14 bits per heavy atom.